The predicted octanol–water partition coefficient (Wildman–Crippen LogP) is 3.54. The molecule has 0 unspecified atom stereocenters. The van der Waals surface area contributed by atoms with E-state index in [0.717, 1.165) is 6.42 Å². The molecule has 0 atom stereocenters. The molecule has 13 heavy (non-hydrogen) atoms. The van der Waals surface area contributed by atoms with Crippen molar-refractivity contribution in [1.82, 2.24) is 0 Å². The second kappa shape index (κ2) is 5.41. The molecule has 0 aliphatic rings. The second-order valence-electron chi connectivity index (χ2n) is 3.03. The van der Waals surface area contributed by atoms with Crippen molar-refractivity contribution in [3.8, 4) is 0 Å². The normalized spacial score (nSPS) is 10.6. The highest BCUT2D eigenvalue weighted by atomic mass is 14.8. The summed E-state index contributed by atoms with van der Waals surface area (Å²) in [5, 5.41) is 3.17. The third kappa shape index (κ3) is 2.94. The quantitative estimate of drug-likeness (QED) is 0.738. The van der Waals surface area contributed by atoms with Crippen molar-refractivity contribution in [2.45, 2.75) is 19.8 Å². The first-order valence-corrected chi connectivity index (χ1v) is 4.81. The minimum Gasteiger partial charge on any atom is -0.388 e. The number of para-hydroxylation sites is 1. The van der Waals surface area contributed by atoms with Crippen molar-refractivity contribution in [2.24, 2.45) is 0 Å². The van der Waals surface area contributed by atoms with E-state index < -0.39 is 0 Å². The van der Waals surface area contributed by atoms with E-state index in [4.69, 9.17) is 0 Å². The van der Waals surface area contributed by atoms with E-state index in [-0.39, 0.29) is 0 Å². The zero-order valence-corrected chi connectivity index (χ0v) is 8.38. The highest BCUT2D eigenvalue weighted by molar-refractivity contribution is 5.66. The Morgan fingerprint density at radius 3 is 2.77 bits per heavy atom. The van der Waals surface area contributed by atoms with E-state index in [1.807, 2.05) is 13.1 Å². The Hall–Kier alpha value is -1.24. The van der Waals surface area contributed by atoms with Crippen molar-refractivity contribution in [3.05, 3.63) is 35.9 Å². The summed E-state index contributed by atoms with van der Waals surface area (Å²) in [6.07, 6.45) is 6.75. The lowest BCUT2D eigenvalue weighted by atomic mass is 10.1. The van der Waals surface area contributed by atoms with Crippen LogP contribution in [0.5, 0.6) is 0 Å². The number of anilines is 1. The number of rotatable bonds is 4. The number of unbranched alkanes of at least 4 members (excludes halogenated alkanes) is 1. The van der Waals surface area contributed by atoms with E-state index in [0.29, 0.717) is 0 Å². The molecule has 1 heteroatoms. The van der Waals surface area contributed by atoms with E-state index in [1.165, 1.54) is 17.7 Å². The summed E-state index contributed by atoms with van der Waals surface area (Å²) in [5.41, 5.74) is 2.45. The van der Waals surface area contributed by atoms with Crippen LogP contribution in [0.15, 0.2) is 30.3 Å². The SMILES string of the molecule is CCCC=Cc1ccccc1NC. The van der Waals surface area contributed by atoms with Crippen LogP contribution in [-0.2, 0) is 0 Å². The molecule has 0 aromatic heterocycles. The van der Waals surface area contributed by atoms with Gasteiger partial charge in [-0.2, -0.15) is 0 Å². The Bertz CT molecular complexity index is 276. The zero-order valence-electron chi connectivity index (χ0n) is 8.38. The van der Waals surface area contributed by atoms with Gasteiger partial charge in [0.05, 0.1) is 0 Å². The molecule has 1 aromatic rings. The number of nitrogens with one attached hydrogen (secondary N) is 1. The fourth-order valence-corrected chi connectivity index (χ4v) is 1.25. The minimum absolute atomic E-state index is 1.15. The Kier molecular flexibility index (Phi) is 4.10. The van der Waals surface area contributed by atoms with Crippen molar-refractivity contribution in [2.75, 3.05) is 12.4 Å². The number of allylic oxidation sites excluding steroid dienone is 1. The third-order valence-corrected chi connectivity index (χ3v) is 1.98. The van der Waals surface area contributed by atoms with Gasteiger partial charge in [0.15, 0.2) is 0 Å². The van der Waals surface area contributed by atoms with E-state index in [1.54, 1.807) is 0 Å². The van der Waals surface area contributed by atoms with Gasteiger partial charge >= 0.3 is 0 Å². The topological polar surface area (TPSA) is 12.0 Å². The average molecular weight is 175 g/mol. The lowest BCUT2D eigenvalue weighted by Gasteiger charge is -2.03. The maximum absolute atomic E-state index is 3.17. The molecule has 1 nitrogen and oxygen atoms in total. The summed E-state index contributed by atoms with van der Waals surface area (Å²) in [7, 11) is 1.95. The molecule has 0 radical (unpaired) electrons. The van der Waals surface area contributed by atoms with Crippen LogP contribution < -0.4 is 5.32 Å². The average Bonchev–Trinajstić information content (AvgIpc) is 2.19. The summed E-state index contributed by atoms with van der Waals surface area (Å²) in [6, 6.07) is 8.32. The van der Waals surface area contributed by atoms with Crippen molar-refractivity contribution in [3.63, 3.8) is 0 Å². The Morgan fingerprint density at radius 1 is 1.31 bits per heavy atom. The van der Waals surface area contributed by atoms with Gasteiger partial charge in [-0.3, -0.25) is 0 Å². The van der Waals surface area contributed by atoms with Gasteiger partial charge in [0, 0.05) is 12.7 Å². The van der Waals surface area contributed by atoms with Gasteiger partial charge in [-0.05, 0) is 18.1 Å². The fraction of sp³-hybridized carbons (Fsp3) is 0.333. The molecule has 0 fully saturated rings. The molecular formula is C12H17N. The number of hydrogen-bond acceptors (Lipinski definition) is 1. The van der Waals surface area contributed by atoms with Crippen LogP contribution >= 0.6 is 0 Å². The van der Waals surface area contributed by atoms with Gasteiger partial charge in [-0.15, -0.1) is 0 Å². The number of benzene rings is 1. The number of hydrogen-bond donors (Lipinski definition) is 1. The van der Waals surface area contributed by atoms with Crippen LogP contribution in [0.2, 0.25) is 0 Å². The van der Waals surface area contributed by atoms with Gasteiger partial charge < -0.3 is 5.32 Å². The molecule has 0 spiro atoms. The van der Waals surface area contributed by atoms with Crippen LogP contribution in [0.1, 0.15) is 25.3 Å². The molecule has 70 valence electrons. The molecule has 0 aliphatic heterocycles. The highest BCUT2D eigenvalue weighted by Crippen LogP contribution is 2.15. The van der Waals surface area contributed by atoms with Crippen LogP contribution in [-0.4, -0.2) is 7.05 Å². The van der Waals surface area contributed by atoms with Crippen LogP contribution in [0.4, 0.5) is 5.69 Å². The first-order chi connectivity index (χ1) is 6.38. The molecular weight excluding hydrogens is 158 g/mol. The Morgan fingerprint density at radius 2 is 2.08 bits per heavy atom. The smallest absolute Gasteiger partial charge is 0.0411 e. The van der Waals surface area contributed by atoms with Crippen molar-refractivity contribution < 1.29 is 0 Å². The molecule has 0 saturated heterocycles. The first-order valence-electron chi connectivity index (χ1n) is 4.81. The molecule has 1 aromatic carbocycles. The summed E-state index contributed by atoms with van der Waals surface area (Å²) < 4.78 is 0. The monoisotopic (exact) mass is 175 g/mol. The summed E-state index contributed by atoms with van der Waals surface area (Å²) >= 11 is 0. The van der Waals surface area contributed by atoms with Crippen molar-refractivity contribution >= 4 is 11.8 Å². The van der Waals surface area contributed by atoms with E-state index >= 15 is 0 Å². The van der Waals surface area contributed by atoms with Gasteiger partial charge in [0.25, 0.3) is 0 Å². The largest absolute Gasteiger partial charge is 0.388 e. The second-order valence-corrected chi connectivity index (χ2v) is 3.03. The minimum atomic E-state index is 1.15. The third-order valence-electron chi connectivity index (χ3n) is 1.98. The fourth-order valence-electron chi connectivity index (χ4n) is 1.25. The summed E-state index contributed by atoms with van der Waals surface area (Å²) in [5.74, 6) is 0. The van der Waals surface area contributed by atoms with Crippen LogP contribution in [0.25, 0.3) is 6.08 Å². The van der Waals surface area contributed by atoms with Crippen LogP contribution in [0.3, 0.4) is 0 Å². The van der Waals surface area contributed by atoms with Gasteiger partial charge in [-0.1, -0.05) is 43.7 Å². The Balaban J connectivity index is 2.74. The van der Waals surface area contributed by atoms with Gasteiger partial charge in [0.1, 0.15) is 0 Å². The molecule has 0 amide bonds. The van der Waals surface area contributed by atoms with Gasteiger partial charge in [0.2, 0.25) is 0 Å². The highest BCUT2D eigenvalue weighted by Gasteiger charge is 1.92. The standard InChI is InChI=1S/C12H17N/c1-3-4-5-8-11-9-6-7-10-12(11)13-2/h5-10,13H,3-4H2,1-2H3. The van der Waals surface area contributed by atoms with Gasteiger partial charge in [-0.25, -0.2) is 0 Å². The van der Waals surface area contributed by atoms with E-state index in [2.05, 4.69) is 42.6 Å². The lowest BCUT2D eigenvalue weighted by molar-refractivity contribution is 0.962. The lowest BCUT2D eigenvalue weighted by Crippen LogP contribution is -1.89. The molecule has 0 bridgehead atoms. The maximum atomic E-state index is 3.17. The molecule has 0 aliphatic carbocycles. The molecule has 1 N–H and O–H groups in total. The van der Waals surface area contributed by atoms with Crippen LogP contribution in [0, 0.1) is 0 Å². The predicted molar refractivity (Wildman–Crippen MR) is 59.9 cm³/mol. The molecule has 1 rings (SSSR count). The first kappa shape index (κ1) is 9.85. The van der Waals surface area contributed by atoms with E-state index in [9.17, 15) is 0 Å². The molecule has 0 saturated carbocycles. The molecule has 0 heterocycles. The summed E-state index contributed by atoms with van der Waals surface area (Å²) in [4.78, 5) is 0. The van der Waals surface area contributed by atoms with Crippen molar-refractivity contribution in [1.29, 1.82) is 0 Å². The summed E-state index contributed by atoms with van der Waals surface area (Å²) in [6.45, 7) is 2.19. The maximum Gasteiger partial charge on any atom is 0.0411 e. The zero-order chi connectivity index (χ0) is 9.52. The Labute approximate surface area is 80.5 Å².